The van der Waals surface area contributed by atoms with Gasteiger partial charge in [-0.05, 0) is 38.8 Å². The fourth-order valence-corrected chi connectivity index (χ4v) is 3.06. The van der Waals surface area contributed by atoms with Crippen molar-refractivity contribution in [2.75, 3.05) is 7.11 Å². The van der Waals surface area contributed by atoms with Crippen molar-refractivity contribution in [2.24, 2.45) is 0 Å². The van der Waals surface area contributed by atoms with Crippen LogP contribution in [0.4, 0.5) is 0 Å². The van der Waals surface area contributed by atoms with Gasteiger partial charge in [-0.2, -0.15) is 0 Å². The molecule has 136 valence electrons. The molecule has 1 N–H and O–H groups in total. The van der Waals surface area contributed by atoms with Crippen molar-refractivity contribution in [3.8, 4) is 0 Å². The second kappa shape index (κ2) is 8.05. The Hall–Kier alpha value is -2.50. The van der Waals surface area contributed by atoms with E-state index in [4.69, 9.17) is 13.9 Å². The zero-order valence-electron chi connectivity index (χ0n) is 15.3. The summed E-state index contributed by atoms with van der Waals surface area (Å²) < 4.78 is 16.1. The molecule has 1 unspecified atom stereocenters. The molecule has 0 radical (unpaired) electrons. The Morgan fingerprint density at radius 2 is 1.76 bits per heavy atom. The number of carbonyl (C=O) groups is 2. The Morgan fingerprint density at radius 3 is 2.24 bits per heavy atom. The Balaban J connectivity index is 2.50. The lowest BCUT2D eigenvalue weighted by Crippen LogP contribution is -2.33. The number of allylic oxidation sites excluding steroid dienone is 2. The second-order valence-corrected chi connectivity index (χ2v) is 5.99. The van der Waals surface area contributed by atoms with Gasteiger partial charge in [-0.15, -0.1) is 0 Å². The molecule has 0 fully saturated rings. The van der Waals surface area contributed by atoms with E-state index >= 15 is 0 Å². The van der Waals surface area contributed by atoms with E-state index in [0.29, 0.717) is 28.3 Å². The minimum Gasteiger partial charge on any atom is -0.468 e. The Bertz CT molecular complexity index is 695. The highest BCUT2D eigenvalue weighted by Gasteiger charge is 2.39. The van der Waals surface area contributed by atoms with Crippen molar-refractivity contribution in [1.29, 1.82) is 0 Å². The van der Waals surface area contributed by atoms with E-state index in [1.54, 1.807) is 26.0 Å². The highest BCUT2D eigenvalue weighted by molar-refractivity contribution is 5.99. The predicted molar refractivity (Wildman–Crippen MR) is 92.5 cm³/mol. The van der Waals surface area contributed by atoms with Gasteiger partial charge in [0.15, 0.2) is 0 Å². The van der Waals surface area contributed by atoms with Gasteiger partial charge in [0.25, 0.3) is 0 Å². The maximum atomic E-state index is 12.9. The van der Waals surface area contributed by atoms with Gasteiger partial charge in [0, 0.05) is 11.4 Å². The maximum absolute atomic E-state index is 12.9. The Morgan fingerprint density at radius 1 is 1.16 bits per heavy atom. The highest BCUT2D eigenvalue weighted by atomic mass is 16.5. The fraction of sp³-hybridized carbons (Fsp3) is 0.474. The van der Waals surface area contributed by atoms with Crippen molar-refractivity contribution in [3.05, 3.63) is 46.7 Å². The minimum absolute atomic E-state index is 0.168. The number of hydrogen-bond acceptors (Lipinski definition) is 6. The third-order valence-corrected chi connectivity index (χ3v) is 4.40. The lowest BCUT2D eigenvalue weighted by Gasteiger charge is -2.29. The van der Waals surface area contributed by atoms with Crippen LogP contribution in [0.5, 0.6) is 0 Å². The molecule has 6 nitrogen and oxygen atoms in total. The van der Waals surface area contributed by atoms with Crippen LogP contribution in [0, 0.1) is 0 Å². The molecule has 1 aromatic rings. The highest BCUT2D eigenvalue weighted by Crippen LogP contribution is 2.39. The molecule has 1 atom stereocenters. The zero-order chi connectivity index (χ0) is 18.6. The number of carbonyl (C=O) groups excluding carboxylic acids is 2. The van der Waals surface area contributed by atoms with Gasteiger partial charge in [-0.3, -0.25) is 0 Å². The third kappa shape index (κ3) is 3.78. The molecule has 1 aromatic heterocycles. The van der Waals surface area contributed by atoms with Gasteiger partial charge >= 0.3 is 11.9 Å². The molecule has 2 rings (SSSR count). The predicted octanol–water partition coefficient (Wildman–Crippen LogP) is 3.42. The first kappa shape index (κ1) is 18.8. The quantitative estimate of drug-likeness (QED) is 0.795. The molecule has 0 saturated heterocycles. The average molecular weight is 347 g/mol. The molecule has 0 aromatic carbocycles. The van der Waals surface area contributed by atoms with E-state index in [-0.39, 0.29) is 6.10 Å². The topological polar surface area (TPSA) is 77.8 Å². The van der Waals surface area contributed by atoms with E-state index in [0.717, 1.165) is 12.8 Å². The van der Waals surface area contributed by atoms with Crippen molar-refractivity contribution >= 4 is 11.9 Å². The number of furan rings is 1. The smallest absolute Gasteiger partial charge is 0.337 e. The summed E-state index contributed by atoms with van der Waals surface area (Å²) in [4.78, 5) is 25.2. The normalized spacial score (nSPS) is 17.6. The van der Waals surface area contributed by atoms with E-state index in [1.807, 2.05) is 13.8 Å². The molecule has 0 aliphatic carbocycles. The van der Waals surface area contributed by atoms with Crippen LogP contribution >= 0.6 is 0 Å². The zero-order valence-corrected chi connectivity index (χ0v) is 15.3. The minimum atomic E-state index is -0.662. The van der Waals surface area contributed by atoms with Crippen LogP contribution in [0.2, 0.25) is 0 Å². The first-order chi connectivity index (χ1) is 11.9. The first-order valence-corrected chi connectivity index (χ1v) is 8.45. The van der Waals surface area contributed by atoms with E-state index in [9.17, 15) is 9.59 Å². The molecule has 1 aliphatic heterocycles. The summed E-state index contributed by atoms with van der Waals surface area (Å²) in [6.07, 6.45) is 2.80. The number of methoxy groups -OCH3 is 1. The summed E-state index contributed by atoms with van der Waals surface area (Å²) in [5.41, 5.74) is 1.99. The Labute approximate surface area is 147 Å². The maximum Gasteiger partial charge on any atom is 0.337 e. The number of rotatable bonds is 6. The molecule has 1 aliphatic rings. The molecule has 0 amide bonds. The molecule has 0 saturated carbocycles. The van der Waals surface area contributed by atoms with Crippen LogP contribution < -0.4 is 5.32 Å². The molecule has 6 heteroatoms. The molecule has 0 bridgehead atoms. The van der Waals surface area contributed by atoms with E-state index < -0.39 is 17.9 Å². The van der Waals surface area contributed by atoms with Gasteiger partial charge in [-0.25, -0.2) is 9.59 Å². The van der Waals surface area contributed by atoms with E-state index in [2.05, 4.69) is 5.32 Å². The van der Waals surface area contributed by atoms with Crippen LogP contribution in [0.25, 0.3) is 0 Å². The fourth-order valence-electron chi connectivity index (χ4n) is 3.06. The van der Waals surface area contributed by atoms with Crippen LogP contribution in [-0.2, 0) is 19.1 Å². The summed E-state index contributed by atoms with van der Waals surface area (Å²) in [6, 6.07) is 3.46. The lowest BCUT2D eigenvalue weighted by atomic mass is 9.83. The molecular formula is C19H25NO5. The summed E-state index contributed by atoms with van der Waals surface area (Å²) in [5.74, 6) is -1.12. The number of nitrogens with one attached hydrogen (secondary N) is 1. The van der Waals surface area contributed by atoms with Crippen molar-refractivity contribution in [2.45, 2.75) is 52.6 Å². The van der Waals surface area contributed by atoms with Crippen molar-refractivity contribution in [3.63, 3.8) is 0 Å². The standard InChI is InChI=1S/C19H25NO5/c1-6-13(7-2)25-19(22)16-12(4)20-11(3)15(18(21)23-5)17(16)14-9-8-10-24-14/h8-10,13,17,20H,6-7H2,1-5H3. The number of ether oxygens (including phenoxy) is 2. The van der Waals surface area contributed by atoms with Gasteiger partial charge < -0.3 is 19.2 Å². The third-order valence-electron chi connectivity index (χ3n) is 4.40. The number of esters is 2. The van der Waals surface area contributed by atoms with Gasteiger partial charge in [0.05, 0.1) is 30.4 Å². The largest absolute Gasteiger partial charge is 0.468 e. The van der Waals surface area contributed by atoms with Gasteiger partial charge in [0.2, 0.25) is 0 Å². The van der Waals surface area contributed by atoms with Crippen LogP contribution in [-0.4, -0.2) is 25.2 Å². The molecule has 0 spiro atoms. The van der Waals surface area contributed by atoms with Crippen molar-refractivity contribution < 1.29 is 23.5 Å². The van der Waals surface area contributed by atoms with Crippen molar-refractivity contribution in [1.82, 2.24) is 5.32 Å². The second-order valence-electron chi connectivity index (χ2n) is 5.99. The van der Waals surface area contributed by atoms with Crippen LogP contribution in [0.1, 0.15) is 52.2 Å². The number of dihydropyridines is 1. The summed E-state index contributed by atoms with van der Waals surface area (Å²) in [6.45, 7) is 7.50. The summed E-state index contributed by atoms with van der Waals surface area (Å²) in [7, 11) is 1.31. The number of hydrogen-bond donors (Lipinski definition) is 1. The summed E-state index contributed by atoms with van der Waals surface area (Å²) in [5, 5.41) is 3.09. The van der Waals surface area contributed by atoms with Gasteiger partial charge in [0.1, 0.15) is 11.9 Å². The molecular weight excluding hydrogens is 322 g/mol. The Kier molecular flexibility index (Phi) is 6.07. The van der Waals surface area contributed by atoms with Crippen LogP contribution in [0.15, 0.2) is 45.4 Å². The SMILES string of the molecule is CCC(CC)OC(=O)C1=C(C)NC(C)=C(C(=O)OC)C1c1ccco1. The molecule has 25 heavy (non-hydrogen) atoms. The van der Waals surface area contributed by atoms with Crippen LogP contribution in [0.3, 0.4) is 0 Å². The average Bonchev–Trinajstić information content (AvgIpc) is 3.12. The monoisotopic (exact) mass is 347 g/mol. The first-order valence-electron chi connectivity index (χ1n) is 8.45. The van der Waals surface area contributed by atoms with E-state index in [1.165, 1.54) is 13.4 Å². The summed E-state index contributed by atoms with van der Waals surface area (Å²) >= 11 is 0. The lowest BCUT2D eigenvalue weighted by molar-refractivity contribution is -0.145. The van der Waals surface area contributed by atoms with Gasteiger partial charge in [-0.1, -0.05) is 13.8 Å². The molecule has 2 heterocycles.